The summed E-state index contributed by atoms with van der Waals surface area (Å²) in [5, 5.41) is 9.65. The molecule has 3 unspecified atom stereocenters. The summed E-state index contributed by atoms with van der Waals surface area (Å²) in [6, 6.07) is 8.87. The molecule has 2 rings (SSSR count). The zero-order valence-electron chi connectivity index (χ0n) is 11.8. The quantitative estimate of drug-likeness (QED) is 0.637. The highest BCUT2D eigenvalue weighted by atomic mass is 32.2. The van der Waals surface area contributed by atoms with Crippen molar-refractivity contribution in [3.8, 4) is 0 Å². The smallest absolute Gasteiger partial charge is 0.368 e. The largest absolute Gasteiger partial charge is 0.523 e. The van der Waals surface area contributed by atoms with Crippen LogP contribution >= 0.6 is 0 Å². The van der Waals surface area contributed by atoms with E-state index >= 15 is 0 Å². The lowest BCUT2D eigenvalue weighted by Gasteiger charge is -2.32. The first-order valence-electron chi connectivity index (χ1n) is 6.64. The van der Waals surface area contributed by atoms with Crippen LogP contribution in [0.25, 0.3) is 0 Å². The molecule has 0 aliphatic carbocycles. The molecule has 1 fully saturated rings. The molecule has 130 valence electrons. The third-order valence-corrected chi connectivity index (χ3v) is 4.21. The van der Waals surface area contributed by atoms with Gasteiger partial charge in [0.25, 0.3) is 0 Å². The number of aliphatic hydroxyl groups is 1. The Balaban J connectivity index is 1.94. The van der Waals surface area contributed by atoms with E-state index in [2.05, 4.69) is 4.18 Å². The van der Waals surface area contributed by atoms with Crippen molar-refractivity contribution < 1.29 is 40.4 Å². The summed E-state index contributed by atoms with van der Waals surface area (Å²) in [5.41, 5.74) is -4.73. The topological polar surface area (TPSA) is 82.1 Å². The number of alkyl halides is 3. The molecule has 0 bridgehead atoms. The molecule has 0 spiro atoms. The van der Waals surface area contributed by atoms with Crippen molar-refractivity contribution in [2.45, 2.75) is 37.0 Å². The van der Waals surface area contributed by atoms with Gasteiger partial charge in [-0.2, -0.15) is 21.6 Å². The fourth-order valence-corrected chi connectivity index (χ4v) is 2.59. The van der Waals surface area contributed by atoms with E-state index in [1.165, 1.54) is 0 Å². The molecule has 1 aliphatic heterocycles. The van der Waals surface area contributed by atoms with Crippen LogP contribution in [-0.2, 0) is 30.4 Å². The second-order valence-corrected chi connectivity index (χ2v) is 6.48. The monoisotopic (exact) mass is 356 g/mol. The van der Waals surface area contributed by atoms with E-state index in [9.17, 15) is 26.7 Å². The first kappa shape index (κ1) is 18.1. The average Bonchev–Trinajstić information content (AvgIpc) is 2.47. The zero-order chi connectivity index (χ0) is 17.1. The zero-order valence-corrected chi connectivity index (χ0v) is 12.6. The van der Waals surface area contributed by atoms with Gasteiger partial charge < -0.3 is 14.6 Å². The Morgan fingerprint density at radius 3 is 2.52 bits per heavy atom. The van der Waals surface area contributed by atoms with Gasteiger partial charge >= 0.3 is 15.6 Å². The number of halogens is 3. The van der Waals surface area contributed by atoms with Gasteiger partial charge in [-0.15, -0.1) is 0 Å². The van der Waals surface area contributed by atoms with Crippen LogP contribution in [0.5, 0.6) is 0 Å². The molecule has 1 heterocycles. The van der Waals surface area contributed by atoms with E-state index < -0.39 is 40.7 Å². The summed E-state index contributed by atoms with van der Waals surface area (Å²) < 4.78 is 73.2. The number of hydrogen-bond acceptors (Lipinski definition) is 6. The molecule has 0 saturated carbocycles. The predicted molar refractivity (Wildman–Crippen MR) is 71.4 cm³/mol. The Labute approximate surface area is 130 Å². The number of rotatable bonds is 5. The predicted octanol–water partition coefficient (Wildman–Crippen LogP) is 1.55. The van der Waals surface area contributed by atoms with Crippen LogP contribution in [-0.4, -0.2) is 44.1 Å². The van der Waals surface area contributed by atoms with Crippen LogP contribution in [0.15, 0.2) is 30.3 Å². The average molecular weight is 356 g/mol. The van der Waals surface area contributed by atoms with Gasteiger partial charge in [-0.05, 0) is 5.56 Å². The number of ether oxygens (including phenoxy) is 2. The fraction of sp³-hybridized carbons (Fsp3) is 0.538. The van der Waals surface area contributed by atoms with Crippen LogP contribution < -0.4 is 0 Å². The molecule has 1 aromatic carbocycles. The van der Waals surface area contributed by atoms with Crippen molar-refractivity contribution in [1.29, 1.82) is 0 Å². The molecule has 0 amide bonds. The van der Waals surface area contributed by atoms with E-state index in [-0.39, 0.29) is 13.0 Å². The molecule has 23 heavy (non-hydrogen) atoms. The van der Waals surface area contributed by atoms with Crippen LogP contribution in [0, 0.1) is 0 Å². The first-order valence-corrected chi connectivity index (χ1v) is 8.04. The van der Waals surface area contributed by atoms with Crippen molar-refractivity contribution in [2.24, 2.45) is 0 Å². The highest BCUT2D eigenvalue weighted by Gasteiger charge is 2.49. The maximum absolute atomic E-state index is 12.3. The molecule has 6 nitrogen and oxygen atoms in total. The number of aliphatic hydroxyl groups excluding tert-OH is 1. The Morgan fingerprint density at radius 2 is 1.91 bits per heavy atom. The Bertz CT molecular complexity index is 604. The third kappa shape index (κ3) is 4.88. The molecule has 1 saturated heterocycles. The van der Waals surface area contributed by atoms with Crippen LogP contribution in [0.2, 0.25) is 0 Å². The van der Waals surface area contributed by atoms with Gasteiger partial charge in [0.15, 0.2) is 6.29 Å². The van der Waals surface area contributed by atoms with Gasteiger partial charge in [0, 0.05) is 6.42 Å². The second kappa shape index (κ2) is 7.14. The molecule has 0 radical (unpaired) electrons. The van der Waals surface area contributed by atoms with Gasteiger partial charge in [-0.25, -0.2) is 0 Å². The molecular weight excluding hydrogens is 341 g/mol. The maximum atomic E-state index is 12.3. The Morgan fingerprint density at radius 1 is 1.26 bits per heavy atom. The standard InChI is InChI=1S/C13H15F3O6S/c14-13(15,16)23(18,19)22-10-6-11(12(17)21-8-10)20-7-9-4-2-1-3-5-9/h1-5,10-12,17H,6-8H2. The summed E-state index contributed by atoms with van der Waals surface area (Å²) in [6.45, 7) is -0.396. The Hall–Kier alpha value is -1.20. The Kier molecular flexibility index (Phi) is 5.63. The van der Waals surface area contributed by atoms with Gasteiger partial charge in [-0.3, -0.25) is 4.18 Å². The molecule has 10 heteroatoms. The van der Waals surface area contributed by atoms with Crippen molar-refractivity contribution in [2.75, 3.05) is 6.61 Å². The molecule has 0 aromatic heterocycles. The highest BCUT2D eigenvalue weighted by Crippen LogP contribution is 2.29. The van der Waals surface area contributed by atoms with Crippen LogP contribution in [0.1, 0.15) is 12.0 Å². The minimum absolute atomic E-state index is 0.0880. The third-order valence-electron chi connectivity index (χ3n) is 3.12. The van der Waals surface area contributed by atoms with E-state index in [0.717, 1.165) is 5.56 Å². The van der Waals surface area contributed by atoms with Crippen molar-refractivity contribution in [1.82, 2.24) is 0 Å². The minimum Gasteiger partial charge on any atom is -0.368 e. The summed E-state index contributed by atoms with van der Waals surface area (Å²) in [4.78, 5) is 0. The van der Waals surface area contributed by atoms with Gasteiger partial charge in [0.1, 0.15) is 12.2 Å². The maximum Gasteiger partial charge on any atom is 0.523 e. The van der Waals surface area contributed by atoms with Gasteiger partial charge in [-0.1, -0.05) is 30.3 Å². The molecule has 1 N–H and O–H groups in total. The lowest BCUT2D eigenvalue weighted by atomic mass is 10.1. The molecule has 3 atom stereocenters. The van der Waals surface area contributed by atoms with Crippen molar-refractivity contribution in [3.05, 3.63) is 35.9 Å². The lowest BCUT2D eigenvalue weighted by Crippen LogP contribution is -2.45. The summed E-state index contributed by atoms with van der Waals surface area (Å²) in [5.74, 6) is 0. The number of benzene rings is 1. The van der Waals surface area contributed by atoms with E-state index in [4.69, 9.17) is 9.47 Å². The minimum atomic E-state index is -5.72. The summed E-state index contributed by atoms with van der Waals surface area (Å²) in [6.07, 6.45) is -4.00. The van der Waals surface area contributed by atoms with E-state index in [0.29, 0.717) is 0 Å². The van der Waals surface area contributed by atoms with Crippen LogP contribution in [0.4, 0.5) is 13.2 Å². The van der Waals surface area contributed by atoms with Crippen molar-refractivity contribution in [3.63, 3.8) is 0 Å². The summed E-state index contributed by atoms with van der Waals surface area (Å²) in [7, 11) is -5.72. The summed E-state index contributed by atoms with van der Waals surface area (Å²) >= 11 is 0. The van der Waals surface area contributed by atoms with Gasteiger partial charge in [0.05, 0.1) is 13.2 Å². The molecule has 1 aromatic rings. The van der Waals surface area contributed by atoms with E-state index in [1.54, 1.807) is 30.3 Å². The highest BCUT2D eigenvalue weighted by molar-refractivity contribution is 7.87. The normalized spacial score (nSPS) is 26.2. The van der Waals surface area contributed by atoms with E-state index in [1.807, 2.05) is 0 Å². The molecule has 1 aliphatic rings. The van der Waals surface area contributed by atoms with Gasteiger partial charge in [0.2, 0.25) is 0 Å². The second-order valence-electron chi connectivity index (χ2n) is 4.91. The number of hydrogen-bond donors (Lipinski definition) is 1. The fourth-order valence-electron chi connectivity index (χ4n) is 1.99. The van der Waals surface area contributed by atoms with Crippen LogP contribution in [0.3, 0.4) is 0 Å². The van der Waals surface area contributed by atoms with Crippen molar-refractivity contribution >= 4 is 10.1 Å². The lowest BCUT2D eigenvalue weighted by molar-refractivity contribution is -0.225. The first-order chi connectivity index (χ1) is 10.7. The SMILES string of the molecule is O=S(=O)(OC1COC(O)C(OCc2ccccc2)C1)C(F)(F)F. The molecular formula is C13H15F3O6S.